The van der Waals surface area contributed by atoms with Crippen LogP contribution in [-0.2, 0) is 9.59 Å². The van der Waals surface area contributed by atoms with Crippen LogP contribution in [-0.4, -0.2) is 28.8 Å². The summed E-state index contributed by atoms with van der Waals surface area (Å²) in [6.45, 7) is 0. The maximum atomic E-state index is 13.7. The predicted octanol–water partition coefficient (Wildman–Crippen LogP) is 4.65. The molecule has 2 unspecified atom stereocenters. The number of para-hydroxylation sites is 2. The first-order valence-corrected chi connectivity index (χ1v) is 12.5. The minimum absolute atomic E-state index is 0.270. The van der Waals surface area contributed by atoms with Crippen molar-refractivity contribution in [3.8, 4) is 0 Å². The molecular weight excluding hydrogens is 494 g/mol. The number of amides is 2. The number of hydrogen-bond acceptors (Lipinski definition) is 4. The van der Waals surface area contributed by atoms with Gasteiger partial charge in [0.15, 0.2) is 5.11 Å². The third-order valence-electron chi connectivity index (χ3n) is 5.97. The quantitative estimate of drug-likeness (QED) is 0.278. The first-order chi connectivity index (χ1) is 18.6. The lowest BCUT2D eigenvalue weighted by Crippen LogP contribution is -2.48. The Morgan fingerprint density at radius 1 is 0.816 bits per heavy atom. The van der Waals surface area contributed by atoms with E-state index in [-0.39, 0.29) is 5.11 Å². The van der Waals surface area contributed by atoms with Crippen LogP contribution in [0.25, 0.3) is 0 Å². The van der Waals surface area contributed by atoms with Gasteiger partial charge in [-0.2, -0.15) is 0 Å². The van der Waals surface area contributed by atoms with Crippen molar-refractivity contribution in [3.63, 3.8) is 0 Å². The molecule has 4 N–H and O–H groups in total. The number of thiocarbonyl (C=S) groups is 1. The summed E-state index contributed by atoms with van der Waals surface area (Å²) in [5, 5.41) is 12.2. The summed E-state index contributed by atoms with van der Waals surface area (Å²) in [5.74, 6) is -0.885. The summed E-state index contributed by atoms with van der Waals surface area (Å²) < 4.78 is 0. The molecule has 2 amide bonds. The van der Waals surface area contributed by atoms with Crippen molar-refractivity contribution in [1.82, 2.24) is 10.6 Å². The zero-order valence-electron chi connectivity index (χ0n) is 20.3. The average Bonchev–Trinajstić information content (AvgIpc) is 3.09. The summed E-state index contributed by atoms with van der Waals surface area (Å²) in [6, 6.07) is 34.8. The lowest BCUT2D eigenvalue weighted by atomic mass is 10.0. The first kappa shape index (κ1) is 24.9. The summed E-state index contributed by atoms with van der Waals surface area (Å²) in [6.07, 6.45) is -1.16. The molecule has 2 atom stereocenters. The number of benzene rings is 4. The lowest BCUT2D eigenvalue weighted by Gasteiger charge is -2.23. The Kier molecular flexibility index (Phi) is 7.52. The molecule has 0 saturated heterocycles. The van der Waals surface area contributed by atoms with Crippen LogP contribution in [0.3, 0.4) is 0 Å². The van der Waals surface area contributed by atoms with E-state index in [2.05, 4.69) is 21.3 Å². The van der Waals surface area contributed by atoms with E-state index in [1.54, 1.807) is 0 Å². The van der Waals surface area contributed by atoms with Crippen LogP contribution in [0.15, 0.2) is 120 Å². The van der Waals surface area contributed by atoms with Crippen molar-refractivity contribution in [2.45, 2.75) is 12.2 Å². The van der Waals surface area contributed by atoms with Crippen molar-refractivity contribution in [2.24, 2.45) is 4.99 Å². The molecule has 1 heterocycles. The standard InChI is InChI=1S/C30H25N5O2S/c36-28(26(21-14-6-2-7-15-21)34-30(38)31-22-16-8-3-9-17-22)35-27-29(37)32-24-19-11-10-18-23(24)25(33-27)20-12-4-1-5-13-20/h1-19,26-27H,(H,32,37)(H,35,36)(H2,31,34,38). The van der Waals surface area contributed by atoms with Crippen LogP contribution >= 0.6 is 12.2 Å². The van der Waals surface area contributed by atoms with Gasteiger partial charge in [-0.05, 0) is 36.0 Å². The molecule has 188 valence electrons. The Morgan fingerprint density at radius 2 is 1.42 bits per heavy atom. The predicted molar refractivity (Wildman–Crippen MR) is 154 cm³/mol. The first-order valence-electron chi connectivity index (χ1n) is 12.1. The van der Waals surface area contributed by atoms with Gasteiger partial charge in [0.2, 0.25) is 12.1 Å². The molecule has 4 aromatic rings. The minimum atomic E-state index is -1.16. The molecule has 8 heteroatoms. The largest absolute Gasteiger partial charge is 0.347 e. The number of fused-ring (bicyclic) bond motifs is 1. The second kappa shape index (κ2) is 11.5. The van der Waals surface area contributed by atoms with Crippen molar-refractivity contribution in [3.05, 3.63) is 132 Å². The van der Waals surface area contributed by atoms with Crippen molar-refractivity contribution in [1.29, 1.82) is 0 Å². The van der Waals surface area contributed by atoms with E-state index >= 15 is 0 Å². The van der Waals surface area contributed by atoms with Crippen LogP contribution in [0.5, 0.6) is 0 Å². The molecule has 7 nitrogen and oxygen atoms in total. The lowest BCUT2D eigenvalue weighted by molar-refractivity contribution is -0.127. The summed E-state index contributed by atoms with van der Waals surface area (Å²) in [4.78, 5) is 31.6. The Bertz CT molecular complexity index is 1480. The SMILES string of the molecule is O=C1Nc2ccccc2C(c2ccccc2)=NC1NC(=O)C(NC(=S)Nc1ccccc1)c1ccccc1. The molecule has 1 aliphatic heterocycles. The fraction of sp³-hybridized carbons (Fsp3) is 0.0667. The molecule has 0 aliphatic carbocycles. The third kappa shape index (κ3) is 5.77. The van der Waals surface area contributed by atoms with E-state index in [0.29, 0.717) is 17.0 Å². The van der Waals surface area contributed by atoms with Crippen LogP contribution in [0, 0.1) is 0 Å². The number of benzodiazepines with no additional fused rings is 1. The molecule has 0 saturated carbocycles. The maximum absolute atomic E-state index is 13.7. The van der Waals surface area contributed by atoms with Crippen molar-refractivity contribution < 1.29 is 9.59 Å². The molecule has 38 heavy (non-hydrogen) atoms. The zero-order valence-corrected chi connectivity index (χ0v) is 21.1. The van der Waals surface area contributed by atoms with E-state index in [9.17, 15) is 9.59 Å². The topological polar surface area (TPSA) is 94.6 Å². The number of carbonyl (C=O) groups excluding carboxylic acids is 2. The van der Waals surface area contributed by atoms with Gasteiger partial charge in [0.1, 0.15) is 6.04 Å². The molecule has 4 aromatic carbocycles. The van der Waals surface area contributed by atoms with Crippen LogP contribution in [0.4, 0.5) is 11.4 Å². The fourth-order valence-electron chi connectivity index (χ4n) is 4.16. The second-order valence-electron chi connectivity index (χ2n) is 8.60. The molecule has 0 radical (unpaired) electrons. The van der Waals surface area contributed by atoms with Crippen LogP contribution in [0.2, 0.25) is 0 Å². The number of anilines is 2. The van der Waals surface area contributed by atoms with E-state index in [1.807, 2.05) is 115 Å². The van der Waals surface area contributed by atoms with Gasteiger partial charge in [0.05, 0.1) is 11.4 Å². The molecule has 5 rings (SSSR count). The number of hydrogen-bond donors (Lipinski definition) is 4. The summed E-state index contributed by atoms with van der Waals surface area (Å²) in [5.41, 5.74) is 4.32. The number of nitrogens with one attached hydrogen (secondary N) is 4. The normalized spacial score (nSPS) is 15.1. The monoisotopic (exact) mass is 519 g/mol. The molecule has 0 aromatic heterocycles. The number of carbonyl (C=O) groups is 2. The Labute approximate surface area is 226 Å². The highest BCUT2D eigenvalue weighted by Crippen LogP contribution is 2.24. The molecule has 0 bridgehead atoms. The van der Waals surface area contributed by atoms with Crippen molar-refractivity contribution in [2.75, 3.05) is 10.6 Å². The van der Waals surface area contributed by atoms with Gasteiger partial charge in [-0.1, -0.05) is 97.1 Å². The highest BCUT2D eigenvalue weighted by atomic mass is 32.1. The third-order valence-corrected chi connectivity index (χ3v) is 6.19. The van der Waals surface area contributed by atoms with Gasteiger partial charge < -0.3 is 21.3 Å². The smallest absolute Gasteiger partial charge is 0.269 e. The summed E-state index contributed by atoms with van der Waals surface area (Å²) in [7, 11) is 0. The number of rotatable bonds is 6. The maximum Gasteiger partial charge on any atom is 0.269 e. The van der Waals surface area contributed by atoms with Gasteiger partial charge >= 0.3 is 0 Å². The van der Waals surface area contributed by atoms with E-state index in [4.69, 9.17) is 17.2 Å². The molecule has 0 fully saturated rings. The fourth-order valence-corrected chi connectivity index (χ4v) is 4.40. The highest BCUT2D eigenvalue weighted by Gasteiger charge is 2.30. The van der Waals surface area contributed by atoms with E-state index < -0.39 is 24.0 Å². The Hall–Kier alpha value is -4.82. The summed E-state index contributed by atoms with van der Waals surface area (Å²) >= 11 is 5.50. The number of aliphatic imine (C=N–C) groups is 1. The second-order valence-corrected chi connectivity index (χ2v) is 9.01. The molecule has 0 spiro atoms. The van der Waals surface area contributed by atoms with Gasteiger partial charge in [0.25, 0.3) is 5.91 Å². The van der Waals surface area contributed by atoms with Gasteiger partial charge in [-0.3, -0.25) is 9.59 Å². The number of nitrogens with zero attached hydrogens (tertiary/aromatic N) is 1. The molecule has 1 aliphatic rings. The molecular formula is C30H25N5O2S. The Morgan fingerprint density at radius 3 is 2.13 bits per heavy atom. The van der Waals surface area contributed by atoms with E-state index in [1.165, 1.54) is 0 Å². The van der Waals surface area contributed by atoms with Gasteiger partial charge in [-0.15, -0.1) is 0 Å². The van der Waals surface area contributed by atoms with Crippen LogP contribution < -0.4 is 21.3 Å². The highest BCUT2D eigenvalue weighted by molar-refractivity contribution is 7.80. The van der Waals surface area contributed by atoms with Gasteiger partial charge in [0, 0.05) is 16.8 Å². The van der Waals surface area contributed by atoms with Crippen LogP contribution in [0.1, 0.15) is 22.7 Å². The van der Waals surface area contributed by atoms with E-state index in [0.717, 1.165) is 16.8 Å². The van der Waals surface area contributed by atoms with Gasteiger partial charge in [-0.25, -0.2) is 4.99 Å². The van der Waals surface area contributed by atoms with Crippen molar-refractivity contribution >= 4 is 46.2 Å². The minimum Gasteiger partial charge on any atom is -0.347 e. The zero-order chi connectivity index (χ0) is 26.3. The average molecular weight is 520 g/mol. The Balaban J connectivity index is 1.43.